The van der Waals surface area contributed by atoms with Crippen molar-refractivity contribution in [1.82, 2.24) is 5.32 Å². The molecule has 1 aromatic rings. The van der Waals surface area contributed by atoms with Gasteiger partial charge in [0.1, 0.15) is 5.75 Å². The quantitative estimate of drug-likeness (QED) is 0.723. The highest BCUT2D eigenvalue weighted by Gasteiger charge is 2.24. The second-order valence-corrected chi connectivity index (χ2v) is 5.74. The van der Waals surface area contributed by atoms with Gasteiger partial charge in [-0.2, -0.15) is 0 Å². The molecule has 0 radical (unpaired) electrons. The Morgan fingerprint density at radius 2 is 1.95 bits per heavy atom. The normalized spacial score (nSPS) is 13.6. The van der Waals surface area contributed by atoms with Crippen LogP contribution in [0.1, 0.15) is 40.5 Å². The van der Waals surface area contributed by atoms with Gasteiger partial charge < -0.3 is 20.5 Å². The molecule has 0 saturated carbocycles. The Bertz CT molecular complexity index is 445. The third-order valence-corrected chi connectivity index (χ3v) is 3.05. The van der Waals surface area contributed by atoms with Crippen molar-refractivity contribution in [2.24, 2.45) is 0 Å². The van der Waals surface area contributed by atoms with Gasteiger partial charge in [-0.05, 0) is 51.5 Å². The SMILES string of the molecule is CCCC(C)(CO)NC(=O)Nc1ccc(OC(C)C)cc1. The molecule has 0 saturated heterocycles. The van der Waals surface area contributed by atoms with Crippen LogP contribution in [-0.4, -0.2) is 29.4 Å². The van der Waals surface area contributed by atoms with E-state index in [0.29, 0.717) is 5.69 Å². The number of ether oxygens (including phenoxy) is 1. The van der Waals surface area contributed by atoms with Gasteiger partial charge in [-0.15, -0.1) is 0 Å². The summed E-state index contributed by atoms with van der Waals surface area (Å²) in [6, 6.07) is 6.87. The average Bonchev–Trinajstić information content (AvgIpc) is 2.40. The van der Waals surface area contributed by atoms with E-state index in [-0.39, 0.29) is 18.7 Å². The zero-order valence-corrected chi connectivity index (χ0v) is 13.3. The van der Waals surface area contributed by atoms with E-state index in [1.165, 1.54) is 0 Å². The summed E-state index contributed by atoms with van der Waals surface area (Å²) in [5.41, 5.74) is 0.0832. The van der Waals surface area contributed by atoms with Crippen molar-refractivity contribution in [3.63, 3.8) is 0 Å². The standard InChI is InChI=1S/C16H26N2O3/c1-5-10-16(4,11-19)18-15(20)17-13-6-8-14(9-7-13)21-12(2)3/h6-9,12,19H,5,10-11H2,1-4H3,(H2,17,18,20). The lowest BCUT2D eigenvalue weighted by molar-refractivity contribution is 0.167. The zero-order valence-electron chi connectivity index (χ0n) is 13.3. The molecular weight excluding hydrogens is 268 g/mol. The fourth-order valence-electron chi connectivity index (χ4n) is 2.06. The topological polar surface area (TPSA) is 70.6 Å². The first-order chi connectivity index (χ1) is 9.88. The van der Waals surface area contributed by atoms with E-state index >= 15 is 0 Å². The maximum atomic E-state index is 12.0. The summed E-state index contributed by atoms with van der Waals surface area (Å²) in [7, 11) is 0. The molecule has 0 spiro atoms. The van der Waals surface area contributed by atoms with E-state index in [9.17, 15) is 9.90 Å². The highest BCUT2D eigenvalue weighted by Crippen LogP contribution is 2.17. The summed E-state index contributed by atoms with van der Waals surface area (Å²) < 4.78 is 5.54. The first-order valence-electron chi connectivity index (χ1n) is 7.35. The van der Waals surface area contributed by atoms with Crippen molar-refractivity contribution in [2.45, 2.75) is 52.2 Å². The second kappa shape index (κ2) is 7.88. The van der Waals surface area contributed by atoms with E-state index in [1.807, 2.05) is 39.8 Å². The van der Waals surface area contributed by atoms with Crippen LogP contribution >= 0.6 is 0 Å². The van der Waals surface area contributed by atoms with Crippen LogP contribution in [0.3, 0.4) is 0 Å². The Hall–Kier alpha value is -1.75. The Labute approximate surface area is 126 Å². The minimum Gasteiger partial charge on any atom is -0.491 e. The van der Waals surface area contributed by atoms with Gasteiger partial charge >= 0.3 is 6.03 Å². The van der Waals surface area contributed by atoms with Crippen molar-refractivity contribution < 1.29 is 14.6 Å². The van der Waals surface area contributed by atoms with Gasteiger partial charge in [-0.1, -0.05) is 13.3 Å². The lowest BCUT2D eigenvalue weighted by Crippen LogP contribution is -2.50. The van der Waals surface area contributed by atoms with E-state index < -0.39 is 5.54 Å². The van der Waals surface area contributed by atoms with Gasteiger partial charge in [-0.25, -0.2) is 4.79 Å². The van der Waals surface area contributed by atoms with Crippen molar-refractivity contribution in [3.8, 4) is 5.75 Å². The number of amides is 2. The number of benzene rings is 1. The monoisotopic (exact) mass is 294 g/mol. The van der Waals surface area contributed by atoms with Crippen LogP contribution in [0, 0.1) is 0 Å². The predicted octanol–water partition coefficient (Wildman–Crippen LogP) is 3.15. The van der Waals surface area contributed by atoms with E-state index in [0.717, 1.165) is 18.6 Å². The van der Waals surface area contributed by atoms with E-state index in [1.54, 1.807) is 12.1 Å². The van der Waals surface area contributed by atoms with Crippen LogP contribution in [0.5, 0.6) is 5.75 Å². The Balaban J connectivity index is 2.58. The average molecular weight is 294 g/mol. The largest absolute Gasteiger partial charge is 0.491 e. The Morgan fingerprint density at radius 1 is 1.33 bits per heavy atom. The molecule has 1 aromatic carbocycles. The lowest BCUT2D eigenvalue weighted by atomic mass is 9.98. The summed E-state index contributed by atoms with van der Waals surface area (Å²) >= 11 is 0. The lowest BCUT2D eigenvalue weighted by Gasteiger charge is -2.28. The number of hydrogen-bond acceptors (Lipinski definition) is 3. The molecule has 2 amide bonds. The number of aliphatic hydroxyl groups is 1. The van der Waals surface area contributed by atoms with Crippen molar-refractivity contribution >= 4 is 11.7 Å². The van der Waals surface area contributed by atoms with Crippen molar-refractivity contribution in [1.29, 1.82) is 0 Å². The van der Waals surface area contributed by atoms with Gasteiger partial charge in [0.05, 0.1) is 18.2 Å². The first kappa shape index (κ1) is 17.3. The summed E-state index contributed by atoms with van der Waals surface area (Å²) in [6.45, 7) is 7.68. The zero-order chi connectivity index (χ0) is 15.9. The predicted molar refractivity (Wildman–Crippen MR) is 84.8 cm³/mol. The smallest absolute Gasteiger partial charge is 0.319 e. The first-order valence-corrected chi connectivity index (χ1v) is 7.35. The second-order valence-electron chi connectivity index (χ2n) is 5.74. The molecule has 0 aliphatic rings. The van der Waals surface area contributed by atoms with Crippen LogP contribution in [0.25, 0.3) is 0 Å². The number of nitrogens with one attached hydrogen (secondary N) is 2. The number of carbonyl (C=O) groups excluding carboxylic acids is 1. The molecule has 0 bridgehead atoms. The van der Waals surface area contributed by atoms with Gasteiger partial charge in [0.25, 0.3) is 0 Å². The number of hydrogen-bond donors (Lipinski definition) is 3. The van der Waals surface area contributed by atoms with Gasteiger partial charge in [0.2, 0.25) is 0 Å². The molecule has 1 unspecified atom stereocenters. The van der Waals surface area contributed by atoms with Crippen LogP contribution in [0.2, 0.25) is 0 Å². The number of aliphatic hydroxyl groups excluding tert-OH is 1. The highest BCUT2D eigenvalue weighted by molar-refractivity contribution is 5.89. The molecule has 21 heavy (non-hydrogen) atoms. The Kier molecular flexibility index (Phi) is 6.49. The maximum absolute atomic E-state index is 12.0. The molecule has 5 heteroatoms. The molecule has 0 aromatic heterocycles. The molecule has 0 heterocycles. The molecule has 118 valence electrons. The summed E-state index contributed by atoms with van der Waals surface area (Å²) in [5.74, 6) is 0.766. The van der Waals surface area contributed by atoms with Gasteiger partial charge in [0.15, 0.2) is 0 Å². The van der Waals surface area contributed by atoms with Crippen LogP contribution in [0.4, 0.5) is 10.5 Å². The maximum Gasteiger partial charge on any atom is 0.319 e. The number of anilines is 1. The van der Waals surface area contributed by atoms with Crippen LogP contribution in [-0.2, 0) is 0 Å². The van der Waals surface area contributed by atoms with Gasteiger partial charge in [-0.3, -0.25) is 0 Å². The molecule has 0 fully saturated rings. The van der Waals surface area contributed by atoms with Crippen molar-refractivity contribution in [3.05, 3.63) is 24.3 Å². The fourth-order valence-corrected chi connectivity index (χ4v) is 2.06. The fraction of sp³-hybridized carbons (Fsp3) is 0.562. The third kappa shape index (κ3) is 6.04. The molecule has 5 nitrogen and oxygen atoms in total. The number of urea groups is 1. The summed E-state index contributed by atoms with van der Waals surface area (Å²) in [4.78, 5) is 12.0. The summed E-state index contributed by atoms with van der Waals surface area (Å²) in [5, 5.41) is 15.0. The molecule has 3 N–H and O–H groups in total. The Morgan fingerprint density at radius 3 is 2.43 bits per heavy atom. The molecule has 1 rings (SSSR count). The minimum absolute atomic E-state index is 0.0879. The number of rotatable bonds is 7. The van der Waals surface area contributed by atoms with E-state index in [4.69, 9.17) is 4.74 Å². The molecule has 0 aliphatic carbocycles. The van der Waals surface area contributed by atoms with E-state index in [2.05, 4.69) is 10.6 Å². The molecular formula is C16H26N2O3. The molecule has 0 aliphatic heterocycles. The van der Waals surface area contributed by atoms with Crippen molar-refractivity contribution in [2.75, 3.05) is 11.9 Å². The highest BCUT2D eigenvalue weighted by atomic mass is 16.5. The van der Waals surface area contributed by atoms with Crippen LogP contribution < -0.4 is 15.4 Å². The summed E-state index contributed by atoms with van der Waals surface area (Å²) in [6.07, 6.45) is 1.72. The van der Waals surface area contributed by atoms with Gasteiger partial charge in [0, 0.05) is 5.69 Å². The number of carbonyl (C=O) groups is 1. The van der Waals surface area contributed by atoms with Crippen LogP contribution in [0.15, 0.2) is 24.3 Å². The molecule has 1 atom stereocenters. The third-order valence-electron chi connectivity index (χ3n) is 3.05. The minimum atomic E-state index is -0.598.